The molecule has 0 amide bonds. The fourth-order valence-corrected chi connectivity index (χ4v) is 0.427. The Kier molecular flexibility index (Phi) is 4.08. The predicted molar refractivity (Wildman–Crippen MR) is 40.7 cm³/mol. The van der Waals surface area contributed by atoms with Crippen LogP contribution in [0.25, 0.3) is 0 Å². The normalized spacial score (nSPS) is 13.3. The van der Waals surface area contributed by atoms with Crippen LogP contribution in [0.2, 0.25) is 0 Å². The van der Waals surface area contributed by atoms with Gasteiger partial charge in [-0.15, -0.1) is 0 Å². The third kappa shape index (κ3) is 3.49. The number of ether oxygens (including phenoxy) is 1. The molecule has 0 radical (unpaired) electrons. The zero-order chi connectivity index (χ0) is 8.15. The van der Waals surface area contributed by atoms with Gasteiger partial charge >= 0.3 is 5.97 Å². The van der Waals surface area contributed by atoms with Gasteiger partial charge in [0.15, 0.2) is 0 Å². The summed E-state index contributed by atoms with van der Waals surface area (Å²) in [6.45, 7) is 7.79. The highest BCUT2D eigenvalue weighted by atomic mass is 16.5. The van der Waals surface area contributed by atoms with Crippen molar-refractivity contribution >= 4 is 5.97 Å². The van der Waals surface area contributed by atoms with E-state index in [1.165, 1.54) is 0 Å². The van der Waals surface area contributed by atoms with E-state index in [9.17, 15) is 4.79 Å². The first-order chi connectivity index (χ1) is 4.57. The molecule has 1 atom stereocenters. The topological polar surface area (TPSA) is 26.3 Å². The SMILES string of the molecule is CCC(=O)O[C@@H](C)C(C)C. The molecule has 0 spiro atoms. The average Bonchev–Trinajstić information content (AvgIpc) is 1.87. The molecule has 60 valence electrons. The molecule has 0 aromatic rings. The van der Waals surface area contributed by atoms with Crippen molar-refractivity contribution in [2.45, 2.75) is 40.2 Å². The van der Waals surface area contributed by atoms with Gasteiger partial charge in [0.2, 0.25) is 0 Å². The van der Waals surface area contributed by atoms with Crippen LogP contribution in [0, 0.1) is 5.92 Å². The molecule has 0 saturated heterocycles. The Morgan fingerprint density at radius 2 is 1.90 bits per heavy atom. The lowest BCUT2D eigenvalue weighted by Gasteiger charge is -2.15. The molecule has 0 fully saturated rings. The van der Waals surface area contributed by atoms with Crippen LogP contribution in [-0.4, -0.2) is 12.1 Å². The van der Waals surface area contributed by atoms with Gasteiger partial charge in [-0.05, 0) is 12.8 Å². The van der Waals surface area contributed by atoms with Crippen LogP contribution in [0.3, 0.4) is 0 Å². The van der Waals surface area contributed by atoms with Gasteiger partial charge < -0.3 is 4.74 Å². The first-order valence-electron chi connectivity index (χ1n) is 3.77. The Hall–Kier alpha value is -0.530. The van der Waals surface area contributed by atoms with E-state index in [2.05, 4.69) is 0 Å². The molecule has 10 heavy (non-hydrogen) atoms. The molecule has 0 aliphatic rings. The Labute approximate surface area is 62.6 Å². The summed E-state index contributed by atoms with van der Waals surface area (Å²) < 4.78 is 5.02. The first kappa shape index (κ1) is 9.47. The molecule has 0 bridgehead atoms. The third-order valence-corrected chi connectivity index (χ3v) is 1.54. The standard InChI is InChI=1S/C8H16O2/c1-5-8(9)10-7(4)6(2)3/h6-7H,5H2,1-4H3/t7-/m0/s1. The Morgan fingerprint density at radius 3 is 2.20 bits per heavy atom. The van der Waals surface area contributed by atoms with E-state index in [1.807, 2.05) is 20.8 Å². The van der Waals surface area contributed by atoms with Crippen LogP contribution < -0.4 is 0 Å². The molecular weight excluding hydrogens is 128 g/mol. The van der Waals surface area contributed by atoms with Gasteiger partial charge in [0, 0.05) is 6.42 Å². The Balaban J connectivity index is 3.57. The molecule has 0 N–H and O–H groups in total. The minimum absolute atomic E-state index is 0.0486. The van der Waals surface area contributed by atoms with E-state index in [4.69, 9.17) is 4.74 Å². The molecule has 2 heteroatoms. The van der Waals surface area contributed by atoms with Crippen molar-refractivity contribution in [3.63, 3.8) is 0 Å². The third-order valence-electron chi connectivity index (χ3n) is 1.54. The highest BCUT2D eigenvalue weighted by Gasteiger charge is 2.10. The lowest BCUT2D eigenvalue weighted by atomic mass is 10.1. The summed E-state index contributed by atoms with van der Waals surface area (Å²) in [5.74, 6) is 0.302. The molecule has 0 heterocycles. The summed E-state index contributed by atoms with van der Waals surface area (Å²) in [7, 11) is 0. The van der Waals surface area contributed by atoms with E-state index in [1.54, 1.807) is 6.92 Å². The molecule has 0 rings (SSSR count). The highest BCUT2D eigenvalue weighted by Crippen LogP contribution is 2.05. The second-order valence-electron chi connectivity index (χ2n) is 2.79. The van der Waals surface area contributed by atoms with Crippen LogP contribution in [0.15, 0.2) is 0 Å². The van der Waals surface area contributed by atoms with Crippen LogP contribution in [0.4, 0.5) is 0 Å². The van der Waals surface area contributed by atoms with Crippen molar-refractivity contribution in [1.82, 2.24) is 0 Å². The van der Waals surface area contributed by atoms with Gasteiger partial charge in [-0.25, -0.2) is 0 Å². The minimum atomic E-state index is -0.110. The molecule has 0 aliphatic carbocycles. The second-order valence-corrected chi connectivity index (χ2v) is 2.79. The van der Waals surface area contributed by atoms with E-state index in [-0.39, 0.29) is 12.1 Å². The zero-order valence-electron chi connectivity index (χ0n) is 7.18. The molecule has 0 saturated carbocycles. The van der Waals surface area contributed by atoms with Gasteiger partial charge in [-0.3, -0.25) is 4.79 Å². The van der Waals surface area contributed by atoms with E-state index in [0.29, 0.717) is 12.3 Å². The number of rotatable bonds is 3. The van der Waals surface area contributed by atoms with Crippen LogP contribution >= 0.6 is 0 Å². The second kappa shape index (κ2) is 4.31. The summed E-state index contributed by atoms with van der Waals surface area (Å²) in [5, 5.41) is 0. The lowest BCUT2D eigenvalue weighted by molar-refractivity contribution is -0.149. The Morgan fingerprint density at radius 1 is 1.40 bits per heavy atom. The van der Waals surface area contributed by atoms with Gasteiger partial charge in [0.25, 0.3) is 0 Å². The first-order valence-corrected chi connectivity index (χ1v) is 3.77. The van der Waals surface area contributed by atoms with Crippen molar-refractivity contribution in [2.75, 3.05) is 0 Å². The van der Waals surface area contributed by atoms with Crippen molar-refractivity contribution in [1.29, 1.82) is 0 Å². The molecule has 0 aromatic heterocycles. The van der Waals surface area contributed by atoms with Crippen LogP contribution in [0.1, 0.15) is 34.1 Å². The zero-order valence-corrected chi connectivity index (χ0v) is 7.18. The maximum Gasteiger partial charge on any atom is 0.305 e. The Bertz CT molecular complexity index is 108. The molecule has 2 nitrogen and oxygen atoms in total. The maximum atomic E-state index is 10.7. The summed E-state index contributed by atoms with van der Waals surface area (Å²) >= 11 is 0. The maximum absolute atomic E-state index is 10.7. The van der Waals surface area contributed by atoms with Crippen molar-refractivity contribution < 1.29 is 9.53 Å². The van der Waals surface area contributed by atoms with Gasteiger partial charge in [-0.2, -0.15) is 0 Å². The number of hydrogen-bond acceptors (Lipinski definition) is 2. The summed E-state index contributed by atoms with van der Waals surface area (Å²) in [5.41, 5.74) is 0. The number of esters is 1. The minimum Gasteiger partial charge on any atom is -0.462 e. The fourth-order valence-electron chi connectivity index (χ4n) is 0.427. The largest absolute Gasteiger partial charge is 0.462 e. The lowest BCUT2D eigenvalue weighted by Crippen LogP contribution is -2.19. The van der Waals surface area contributed by atoms with Crippen LogP contribution in [-0.2, 0) is 9.53 Å². The molecular formula is C8H16O2. The fraction of sp³-hybridized carbons (Fsp3) is 0.875. The summed E-state index contributed by atoms with van der Waals surface area (Å²) in [6, 6.07) is 0. The van der Waals surface area contributed by atoms with E-state index < -0.39 is 0 Å². The number of carbonyl (C=O) groups excluding carboxylic acids is 1. The van der Waals surface area contributed by atoms with Gasteiger partial charge in [0.1, 0.15) is 6.10 Å². The van der Waals surface area contributed by atoms with Crippen molar-refractivity contribution in [2.24, 2.45) is 5.92 Å². The number of hydrogen-bond donors (Lipinski definition) is 0. The van der Waals surface area contributed by atoms with Crippen LogP contribution in [0.5, 0.6) is 0 Å². The molecule has 0 unspecified atom stereocenters. The summed E-state index contributed by atoms with van der Waals surface area (Å²) in [6.07, 6.45) is 0.518. The summed E-state index contributed by atoms with van der Waals surface area (Å²) in [4.78, 5) is 10.7. The average molecular weight is 144 g/mol. The van der Waals surface area contributed by atoms with E-state index in [0.717, 1.165) is 0 Å². The smallest absolute Gasteiger partial charge is 0.305 e. The van der Waals surface area contributed by atoms with Gasteiger partial charge in [-0.1, -0.05) is 20.8 Å². The highest BCUT2D eigenvalue weighted by molar-refractivity contribution is 5.69. The van der Waals surface area contributed by atoms with Crippen molar-refractivity contribution in [3.05, 3.63) is 0 Å². The van der Waals surface area contributed by atoms with Gasteiger partial charge in [0.05, 0.1) is 0 Å². The number of carbonyl (C=O) groups is 1. The monoisotopic (exact) mass is 144 g/mol. The van der Waals surface area contributed by atoms with E-state index >= 15 is 0 Å². The molecule has 0 aromatic carbocycles. The quantitative estimate of drug-likeness (QED) is 0.566. The predicted octanol–water partition coefficient (Wildman–Crippen LogP) is 1.98. The van der Waals surface area contributed by atoms with Crippen molar-refractivity contribution in [3.8, 4) is 0 Å². The molecule has 0 aliphatic heterocycles.